The molecule has 180 valence electrons. The van der Waals surface area contributed by atoms with Gasteiger partial charge in [0.2, 0.25) is 5.91 Å². The molecule has 3 heterocycles. The highest BCUT2D eigenvalue weighted by atomic mass is 28.4. The lowest BCUT2D eigenvalue weighted by atomic mass is 9.82. The van der Waals surface area contributed by atoms with Crippen molar-refractivity contribution in [1.82, 2.24) is 0 Å². The maximum absolute atomic E-state index is 14.3. The van der Waals surface area contributed by atoms with Gasteiger partial charge in [0, 0.05) is 48.0 Å². The third kappa shape index (κ3) is 3.35. The molecule has 0 aromatic heterocycles. The lowest BCUT2D eigenvalue weighted by molar-refractivity contribution is -0.145. The maximum atomic E-state index is 14.3. The van der Waals surface area contributed by atoms with Crippen LogP contribution in [0.15, 0.2) is 48.5 Å². The maximum Gasteiger partial charge on any atom is 0.268 e. The SMILES string of the molecule is C[C@H]1[C@H]([Si](C)(C)O)[C@@H](CCO)O[C@]12C(=O)N(c1ccccc1)c1ccc(N3CCCC3=O)cc12. The molecule has 2 saturated heterocycles. The van der Waals surface area contributed by atoms with E-state index in [1.807, 2.05) is 68.5 Å². The molecular weight excluding hydrogens is 448 g/mol. The first-order valence-electron chi connectivity index (χ1n) is 12.1. The van der Waals surface area contributed by atoms with Crippen LogP contribution in [0, 0.1) is 5.92 Å². The standard InChI is InChI=1S/C26H32N2O5Si/c1-17-24(34(2,3)32)22(13-15-29)33-26(17)20-16-19(27-14-7-10-23(27)30)11-12-21(20)28(25(26)31)18-8-5-4-6-9-18/h4-6,8-9,11-12,16-17,22,24,29,32H,7,10,13-15H2,1-3H3/t17-,22+,24-,26+/m0/s1. The molecule has 2 aromatic rings. The zero-order valence-corrected chi connectivity index (χ0v) is 20.9. The summed E-state index contributed by atoms with van der Waals surface area (Å²) < 4.78 is 6.66. The molecule has 8 heteroatoms. The predicted molar refractivity (Wildman–Crippen MR) is 132 cm³/mol. The minimum Gasteiger partial charge on any atom is -0.432 e. The fourth-order valence-electron chi connectivity index (χ4n) is 6.31. The normalized spacial score (nSPS) is 28.9. The molecule has 0 saturated carbocycles. The van der Waals surface area contributed by atoms with Crippen molar-refractivity contribution in [1.29, 1.82) is 0 Å². The Hall–Kier alpha value is -2.52. The highest BCUT2D eigenvalue weighted by Gasteiger charge is 2.66. The van der Waals surface area contributed by atoms with Crippen molar-refractivity contribution in [3.05, 3.63) is 54.1 Å². The first-order valence-corrected chi connectivity index (χ1v) is 15.1. The summed E-state index contributed by atoms with van der Waals surface area (Å²) in [6, 6.07) is 15.2. The summed E-state index contributed by atoms with van der Waals surface area (Å²) in [5.74, 6) is -0.409. The fourth-order valence-corrected chi connectivity index (χ4v) is 8.91. The van der Waals surface area contributed by atoms with Crippen LogP contribution in [0.25, 0.3) is 0 Å². The van der Waals surface area contributed by atoms with E-state index in [1.54, 1.807) is 9.80 Å². The number of amides is 2. The summed E-state index contributed by atoms with van der Waals surface area (Å²) >= 11 is 0. The number of nitrogens with zero attached hydrogens (tertiary/aromatic N) is 2. The minimum atomic E-state index is -2.75. The van der Waals surface area contributed by atoms with Crippen molar-refractivity contribution >= 4 is 37.2 Å². The zero-order chi connectivity index (χ0) is 24.3. The Morgan fingerprint density at radius 2 is 1.85 bits per heavy atom. The summed E-state index contributed by atoms with van der Waals surface area (Å²) in [4.78, 5) is 41.5. The molecule has 2 aromatic carbocycles. The number of benzene rings is 2. The van der Waals surface area contributed by atoms with Crippen molar-refractivity contribution in [2.24, 2.45) is 5.92 Å². The van der Waals surface area contributed by atoms with Gasteiger partial charge in [-0.2, -0.15) is 0 Å². The van der Waals surface area contributed by atoms with E-state index >= 15 is 0 Å². The summed E-state index contributed by atoms with van der Waals surface area (Å²) in [6.07, 6.45) is 1.26. The van der Waals surface area contributed by atoms with Crippen molar-refractivity contribution in [3.8, 4) is 0 Å². The van der Waals surface area contributed by atoms with E-state index in [-0.39, 0.29) is 29.9 Å². The van der Waals surface area contributed by atoms with Crippen LogP contribution in [-0.4, -0.2) is 49.3 Å². The highest BCUT2D eigenvalue weighted by molar-refractivity contribution is 6.71. The molecule has 3 aliphatic heterocycles. The zero-order valence-electron chi connectivity index (χ0n) is 19.9. The largest absolute Gasteiger partial charge is 0.432 e. The number of anilines is 3. The van der Waals surface area contributed by atoms with Crippen LogP contribution < -0.4 is 9.80 Å². The number of carbonyl (C=O) groups excluding carboxylic acids is 2. The second-order valence-corrected chi connectivity index (χ2v) is 14.2. The molecule has 4 atom stereocenters. The van der Waals surface area contributed by atoms with E-state index in [1.165, 1.54) is 0 Å². The van der Waals surface area contributed by atoms with Gasteiger partial charge in [-0.1, -0.05) is 25.1 Å². The van der Waals surface area contributed by atoms with Gasteiger partial charge in [-0.25, -0.2) is 0 Å². The van der Waals surface area contributed by atoms with Gasteiger partial charge in [0.05, 0.1) is 11.8 Å². The number of hydrogen-bond acceptors (Lipinski definition) is 5. The molecule has 5 rings (SSSR count). The second kappa shape index (κ2) is 8.30. The number of ether oxygens (including phenoxy) is 1. The van der Waals surface area contributed by atoms with Crippen molar-refractivity contribution in [2.45, 2.75) is 56.5 Å². The molecule has 2 amide bonds. The van der Waals surface area contributed by atoms with Gasteiger partial charge >= 0.3 is 0 Å². The van der Waals surface area contributed by atoms with Gasteiger partial charge in [-0.05, 0) is 56.3 Å². The van der Waals surface area contributed by atoms with E-state index in [0.717, 1.165) is 29.0 Å². The van der Waals surface area contributed by atoms with Crippen molar-refractivity contribution in [2.75, 3.05) is 23.0 Å². The van der Waals surface area contributed by atoms with Crippen LogP contribution in [0.2, 0.25) is 18.6 Å². The van der Waals surface area contributed by atoms with Crippen LogP contribution in [0.4, 0.5) is 17.1 Å². The molecule has 0 aliphatic carbocycles. The molecule has 0 unspecified atom stereocenters. The van der Waals surface area contributed by atoms with E-state index in [0.29, 0.717) is 19.4 Å². The van der Waals surface area contributed by atoms with Gasteiger partial charge in [0.15, 0.2) is 13.9 Å². The van der Waals surface area contributed by atoms with Crippen LogP contribution in [-0.2, 0) is 19.9 Å². The Kier molecular flexibility index (Phi) is 5.67. The van der Waals surface area contributed by atoms with E-state index in [9.17, 15) is 19.5 Å². The fraction of sp³-hybridized carbons (Fsp3) is 0.462. The topological polar surface area (TPSA) is 90.3 Å². The first kappa shape index (κ1) is 23.2. The highest BCUT2D eigenvalue weighted by Crippen LogP contribution is 2.61. The average Bonchev–Trinajstić information content (AvgIpc) is 3.42. The summed E-state index contributed by atoms with van der Waals surface area (Å²) in [5.41, 5.74) is 1.45. The molecule has 34 heavy (non-hydrogen) atoms. The number of carbonyl (C=O) groups is 2. The first-order chi connectivity index (χ1) is 16.2. The monoisotopic (exact) mass is 480 g/mol. The molecule has 2 N–H and O–H groups in total. The van der Waals surface area contributed by atoms with Crippen LogP contribution in [0.5, 0.6) is 0 Å². The number of hydrogen-bond donors (Lipinski definition) is 2. The van der Waals surface area contributed by atoms with Crippen molar-refractivity contribution < 1.29 is 24.2 Å². The quantitative estimate of drug-likeness (QED) is 0.638. The van der Waals surface area contributed by atoms with Gasteiger partial charge in [-0.15, -0.1) is 0 Å². The Morgan fingerprint density at radius 3 is 2.47 bits per heavy atom. The van der Waals surface area contributed by atoms with Crippen LogP contribution >= 0.6 is 0 Å². The molecule has 1 spiro atoms. The van der Waals surface area contributed by atoms with Crippen LogP contribution in [0.1, 0.15) is 31.7 Å². The molecule has 0 radical (unpaired) electrons. The Labute approximate surface area is 201 Å². The van der Waals surface area contributed by atoms with Crippen LogP contribution in [0.3, 0.4) is 0 Å². The van der Waals surface area contributed by atoms with Gasteiger partial charge in [-0.3, -0.25) is 14.5 Å². The lowest BCUT2D eigenvalue weighted by Gasteiger charge is -2.32. The van der Waals surface area contributed by atoms with E-state index in [4.69, 9.17) is 4.74 Å². The molecule has 3 aliphatic rings. The second-order valence-electron chi connectivity index (χ2n) is 10.2. The van der Waals surface area contributed by atoms with E-state index in [2.05, 4.69) is 0 Å². The molecule has 2 fully saturated rings. The minimum absolute atomic E-state index is 0.0820. The Morgan fingerprint density at radius 1 is 1.12 bits per heavy atom. The number of para-hydroxylation sites is 1. The number of rotatable bonds is 5. The summed E-state index contributed by atoms with van der Waals surface area (Å²) in [7, 11) is -2.75. The van der Waals surface area contributed by atoms with Crippen molar-refractivity contribution in [3.63, 3.8) is 0 Å². The van der Waals surface area contributed by atoms with Gasteiger partial charge in [0.1, 0.15) is 0 Å². The lowest BCUT2D eigenvalue weighted by Crippen LogP contribution is -2.45. The van der Waals surface area contributed by atoms with Gasteiger partial charge in [0.25, 0.3) is 5.91 Å². The smallest absolute Gasteiger partial charge is 0.268 e. The molecule has 7 nitrogen and oxygen atoms in total. The average molecular weight is 481 g/mol. The predicted octanol–water partition coefficient (Wildman–Crippen LogP) is 3.67. The number of aliphatic hydroxyl groups excluding tert-OH is 1. The molecule has 0 bridgehead atoms. The van der Waals surface area contributed by atoms with E-state index < -0.39 is 20.0 Å². The Balaban J connectivity index is 1.70. The molecular formula is C26H32N2O5Si. The third-order valence-corrected chi connectivity index (χ3v) is 10.2. The Bertz CT molecular complexity index is 1120. The number of aliphatic hydroxyl groups is 1. The van der Waals surface area contributed by atoms with Gasteiger partial charge < -0.3 is 19.5 Å². The summed E-state index contributed by atoms with van der Waals surface area (Å²) in [6.45, 7) is 6.30. The number of fused-ring (bicyclic) bond motifs is 2. The summed E-state index contributed by atoms with van der Waals surface area (Å²) in [5, 5.41) is 9.75. The third-order valence-electron chi connectivity index (χ3n) is 7.69.